The molecule has 486 valence electrons. The molecular formula is C56H88N12O19. The summed E-state index contributed by atoms with van der Waals surface area (Å²) in [7, 11) is 0. The van der Waals surface area contributed by atoms with Crippen molar-refractivity contribution in [3.8, 4) is 0 Å². The predicted octanol–water partition coefficient (Wildman–Crippen LogP) is -3.07. The molecule has 3 heterocycles. The van der Waals surface area contributed by atoms with Gasteiger partial charge in [0.15, 0.2) is 0 Å². The molecule has 0 unspecified atom stereocenters. The number of piperidine rings is 1. The van der Waals surface area contributed by atoms with Crippen molar-refractivity contribution < 1.29 is 92.3 Å². The Bertz CT molecular complexity index is 2510. The molecule has 31 nitrogen and oxygen atoms in total. The first-order chi connectivity index (χ1) is 41.1. The van der Waals surface area contributed by atoms with Crippen LogP contribution in [-0.2, 0) is 71.9 Å². The standard InChI is InChI=1S/C56H88N12O19/c1-6-32(4)47-56(87)68-23-17-20-39(68)52(83)57-27-37(64-51(82)36(26-46(78)79)61-40(70)21-14-12-10-8-7-9-11-13-18-31(2)3)55(86)67-22-16-15-19-38(67)53(84)60-29-42(72)63-34(24-44(74)75)49(80)58-28-41(71)62-35(25-45(76)77)50(81)59-30-43(73)65-48(33(5)69)54(85)66-47/h14,21,31-39,47-48,69H,6-13,15-20,22-30H2,1-5H3,(H,57,83)(H,58,80)(H,59,81)(H,60,84)(H,61,70)(H,62,71)(H,63,72)(H,64,82)(H,65,73)(H,66,85)(H,74,75)(H,76,77)(H,78,79)/b21-14+/t32-,33+,34-,35-,36-,37-,38+,39-,47-,48+/m0/s1. The fourth-order valence-corrected chi connectivity index (χ4v) is 9.94. The normalized spacial score (nSPS) is 24.2. The number of aliphatic hydroxyl groups is 1. The highest BCUT2D eigenvalue weighted by Gasteiger charge is 2.43. The SMILES string of the molecule is CC[C@H](C)[C@@H]1NC(=O)[C@@H]([C@@H](C)O)NC(=O)CNC(=O)[C@H](CC(=O)O)NC(=O)CNC(=O)[C@H](CC(=O)O)NC(=O)CNC(=O)[C@H]2CCCCN2C(=O)[C@@H](NC(=O)[C@H](CC(=O)O)NC(=O)/C=C/CCCCCCCCC(C)C)CNC(=O)[C@@H]2CCCN2C1=O. The lowest BCUT2D eigenvalue weighted by Crippen LogP contribution is -2.63. The average molecular weight is 1230 g/mol. The Morgan fingerprint density at radius 3 is 1.63 bits per heavy atom. The monoisotopic (exact) mass is 1230 g/mol. The maximum Gasteiger partial charge on any atom is 0.305 e. The van der Waals surface area contributed by atoms with Gasteiger partial charge in [-0.05, 0) is 69.8 Å². The number of allylic oxidation sites excluding steroid dienone is 1. The zero-order valence-corrected chi connectivity index (χ0v) is 50.1. The van der Waals surface area contributed by atoms with Crippen molar-refractivity contribution >= 4 is 88.8 Å². The quantitative estimate of drug-likeness (QED) is 0.0378. The minimum atomic E-state index is -1.90. The number of nitrogens with one attached hydrogen (secondary N) is 10. The first-order valence-corrected chi connectivity index (χ1v) is 29.6. The van der Waals surface area contributed by atoms with Crippen LogP contribution >= 0.6 is 0 Å². The number of carbonyl (C=O) groups excluding carboxylic acids is 12. The van der Waals surface area contributed by atoms with Crippen LogP contribution in [0.2, 0.25) is 0 Å². The van der Waals surface area contributed by atoms with E-state index < -0.39 is 195 Å². The summed E-state index contributed by atoms with van der Waals surface area (Å²) in [6, 6.07) is -13.2. The number of carbonyl (C=O) groups is 15. The van der Waals surface area contributed by atoms with Crippen molar-refractivity contribution in [1.82, 2.24) is 63.0 Å². The van der Waals surface area contributed by atoms with Crippen LogP contribution in [0.1, 0.15) is 144 Å². The van der Waals surface area contributed by atoms with Crippen LogP contribution in [0.25, 0.3) is 0 Å². The fraction of sp³-hybridized carbons (Fsp3) is 0.696. The van der Waals surface area contributed by atoms with E-state index >= 15 is 0 Å². The van der Waals surface area contributed by atoms with Crippen molar-refractivity contribution in [1.29, 1.82) is 0 Å². The third kappa shape index (κ3) is 25.7. The van der Waals surface area contributed by atoms with E-state index in [1.165, 1.54) is 4.90 Å². The molecule has 10 atom stereocenters. The fourth-order valence-electron chi connectivity index (χ4n) is 9.94. The smallest absolute Gasteiger partial charge is 0.305 e. The van der Waals surface area contributed by atoms with Crippen LogP contribution in [0.5, 0.6) is 0 Å². The van der Waals surface area contributed by atoms with Crippen molar-refractivity contribution in [3.63, 3.8) is 0 Å². The Hall–Kier alpha value is -8.25. The zero-order chi connectivity index (χ0) is 64.9. The minimum absolute atomic E-state index is 0.0163. The van der Waals surface area contributed by atoms with E-state index in [2.05, 4.69) is 67.0 Å². The summed E-state index contributed by atoms with van der Waals surface area (Å²) in [5.74, 6) is -17.3. The molecule has 0 spiro atoms. The molecule has 3 fully saturated rings. The summed E-state index contributed by atoms with van der Waals surface area (Å²) in [4.78, 5) is 202. The van der Waals surface area contributed by atoms with E-state index in [1.807, 2.05) is 0 Å². The van der Waals surface area contributed by atoms with Crippen LogP contribution < -0.4 is 53.2 Å². The maximum atomic E-state index is 14.8. The molecule has 3 aliphatic rings. The van der Waals surface area contributed by atoms with E-state index in [1.54, 1.807) is 19.9 Å². The van der Waals surface area contributed by atoms with Gasteiger partial charge in [-0.15, -0.1) is 0 Å². The van der Waals surface area contributed by atoms with Crippen LogP contribution in [-0.4, -0.2) is 213 Å². The number of rotatable bonds is 22. The number of carboxylic acids is 3. The Labute approximate surface area is 504 Å². The van der Waals surface area contributed by atoms with Gasteiger partial charge >= 0.3 is 17.9 Å². The summed E-state index contributed by atoms with van der Waals surface area (Å²) in [6.45, 7) is 5.02. The largest absolute Gasteiger partial charge is 0.481 e. The number of aliphatic hydroxyl groups excluding tert-OH is 1. The molecule has 3 aliphatic heterocycles. The van der Waals surface area contributed by atoms with Gasteiger partial charge in [0.25, 0.3) is 0 Å². The van der Waals surface area contributed by atoms with Crippen LogP contribution in [0, 0.1) is 11.8 Å². The van der Waals surface area contributed by atoms with Crippen LogP contribution in [0.4, 0.5) is 0 Å². The number of aliphatic carboxylic acids is 3. The van der Waals surface area contributed by atoms with E-state index in [-0.39, 0.29) is 38.8 Å². The number of amides is 12. The maximum absolute atomic E-state index is 14.8. The molecule has 0 aromatic heterocycles. The van der Waals surface area contributed by atoms with E-state index in [0.29, 0.717) is 25.2 Å². The van der Waals surface area contributed by atoms with Crippen molar-refractivity contribution in [3.05, 3.63) is 12.2 Å². The molecule has 31 heteroatoms. The number of unbranched alkanes of at least 4 members (excludes halogenated alkanes) is 6. The summed E-state index contributed by atoms with van der Waals surface area (Å²) in [5.41, 5.74) is 0. The Morgan fingerprint density at radius 1 is 0.586 bits per heavy atom. The summed E-state index contributed by atoms with van der Waals surface area (Å²) >= 11 is 0. The van der Waals surface area contributed by atoms with E-state index in [9.17, 15) is 92.3 Å². The van der Waals surface area contributed by atoms with Crippen molar-refractivity contribution in [2.45, 2.75) is 198 Å². The number of fused-ring (bicyclic) bond motifs is 2. The summed E-state index contributed by atoms with van der Waals surface area (Å²) in [6.07, 6.45) is 7.00. The Balaban J connectivity index is 2.03. The summed E-state index contributed by atoms with van der Waals surface area (Å²) in [5, 5.41) is 62.4. The highest BCUT2D eigenvalue weighted by atomic mass is 16.4. The van der Waals surface area contributed by atoms with Gasteiger partial charge in [-0.25, -0.2) is 0 Å². The second-order valence-electron chi connectivity index (χ2n) is 22.4. The Kier molecular flexibility index (Phi) is 31.3. The number of carboxylic acid groups (broad SMARTS) is 3. The molecule has 3 rings (SSSR count). The molecule has 0 aromatic rings. The molecule has 14 N–H and O–H groups in total. The van der Waals surface area contributed by atoms with Gasteiger partial charge in [-0.1, -0.05) is 78.7 Å². The zero-order valence-electron chi connectivity index (χ0n) is 50.1. The minimum Gasteiger partial charge on any atom is -0.481 e. The highest BCUT2D eigenvalue weighted by Crippen LogP contribution is 2.23. The third-order valence-corrected chi connectivity index (χ3v) is 14.9. The van der Waals surface area contributed by atoms with Gasteiger partial charge in [0.05, 0.1) is 45.0 Å². The van der Waals surface area contributed by atoms with Crippen LogP contribution in [0.15, 0.2) is 12.2 Å². The lowest BCUT2D eigenvalue weighted by Gasteiger charge is -2.37. The summed E-state index contributed by atoms with van der Waals surface area (Å²) < 4.78 is 0. The second kappa shape index (κ2) is 37.3. The third-order valence-electron chi connectivity index (χ3n) is 14.9. The van der Waals surface area contributed by atoms with Gasteiger partial charge in [0, 0.05) is 19.6 Å². The molecular weight excluding hydrogens is 1140 g/mol. The average Bonchev–Trinajstić information content (AvgIpc) is 4.23. The van der Waals surface area contributed by atoms with Crippen molar-refractivity contribution in [2.75, 3.05) is 39.3 Å². The second-order valence-corrected chi connectivity index (χ2v) is 22.4. The lowest BCUT2D eigenvalue weighted by atomic mass is 9.96. The van der Waals surface area contributed by atoms with Gasteiger partial charge in [0.2, 0.25) is 70.9 Å². The molecule has 0 aliphatic carbocycles. The molecule has 3 saturated heterocycles. The Morgan fingerprint density at radius 2 is 1.09 bits per heavy atom. The number of nitrogens with zero attached hydrogens (tertiary/aromatic N) is 2. The molecule has 0 radical (unpaired) electrons. The molecule has 12 amide bonds. The van der Waals surface area contributed by atoms with E-state index in [4.69, 9.17) is 0 Å². The number of hydrogen-bond acceptors (Lipinski definition) is 16. The lowest BCUT2D eigenvalue weighted by molar-refractivity contribution is -0.146. The first kappa shape index (κ1) is 73.0. The van der Waals surface area contributed by atoms with Crippen molar-refractivity contribution in [2.24, 2.45) is 11.8 Å². The topological polar surface area (TPSA) is 464 Å². The first-order valence-electron chi connectivity index (χ1n) is 29.6. The molecule has 0 saturated carbocycles. The molecule has 0 aromatic carbocycles. The number of hydrogen-bond donors (Lipinski definition) is 14. The van der Waals surface area contributed by atoms with Gasteiger partial charge in [-0.3, -0.25) is 71.9 Å². The van der Waals surface area contributed by atoms with Gasteiger partial charge < -0.3 is 83.4 Å². The van der Waals surface area contributed by atoms with E-state index in [0.717, 1.165) is 62.8 Å². The van der Waals surface area contributed by atoms with Crippen LogP contribution in [0.3, 0.4) is 0 Å². The highest BCUT2D eigenvalue weighted by molar-refractivity contribution is 6.00. The predicted molar refractivity (Wildman–Crippen MR) is 307 cm³/mol. The molecule has 0 bridgehead atoms. The molecule has 87 heavy (non-hydrogen) atoms. The van der Waals surface area contributed by atoms with Gasteiger partial charge in [-0.2, -0.15) is 0 Å². The van der Waals surface area contributed by atoms with Gasteiger partial charge in [0.1, 0.15) is 48.3 Å².